The van der Waals surface area contributed by atoms with Crippen LogP contribution < -0.4 is 5.32 Å². The van der Waals surface area contributed by atoms with Gasteiger partial charge in [0.1, 0.15) is 5.82 Å². The highest BCUT2D eigenvalue weighted by Gasteiger charge is 2.12. The predicted octanol–water partition coefficient (Wildman–Crippen LogP) is 2.48. The first-order chi connectivity index (χ1) is 8.54. The van der Waals surface area contributed by atoms with Crippen LogP contribution >= 0.6 is 0 Å². The van der Waals surface area contributed by atoms with E-state index >= 15 is 0 Å². The van der Waals surface area contributed by atoms with E-state index in [4.69, 9.17) is 5.26 Å². The molecule has 1 aromatic heterocycles. The molecule has 0 fully saturated rings. The summed E-state index contributed by atoms with van der Waals surface area (Å²) in [6.07, 6.45) is 1.66. The van der Waals surface area contributed by atoms with Gasteiger partial charge in [0.15, 0.2) is 0 Å². The fourth-order valence-electron chi connectivity index (χ4n) is 2.02. The Kier molecular flexibility index (Phi) is 5.60. The van der Waals surface area contributed by atoms with Crippen LogP contribution in [0.15, 0.2) is 18.3 Å². The van der Waals surface area contributed by atoms with Gasteiger partial charge in [0.05, 0.1) is 11.6 Å². The van der Waals surface area contributed by atoms with Crippen LogP contribution in [0.1, 0.15) is 33.3 Å². The summed E-state index contributed by atoms with van der Waals surface area (Å²) in [6, 6.07) is 6.66. The zero-order valence-corrected chi connectivity index (χ0v) is 11.6. The normalized spacial score (nSPS) is 11.0. The van der Waals surface area contributed by atoms with Crippen molar-refractivity contribution < 1.29 is 0 Å². The van der Waals surface area contributed by atoms with Crippen molar-refractivity contribution in [3.05, 3.63) is 23.9 Å². The lowest BCUT2D eigenvalue weighted by Gasteiger charge is -2.30. The number of anilines is 1. The number of pyridine rings is 1. The van der Waals surface area contributed by atoms with Crippen molar-refractivity contribution >= 4 is 5.82 Å². The van der Waals surface area contributed by atoms with Crippen molar-refractivity contribution in [2.75, 3.05) is 18.4 Å². The average Bonchev–Trinajstić information content (AvgIpc) is 2.34. The maximum absolute atomic E-state index is 8.81. The summed E-state index contributed by atoms with van der Waals surface area (Å²) < 4.78 is 0. The molecule has 98 valence electrons. The molecule has 0 aliphatic carbocycles. The average molecular weight is 246 g/mol. The van der Waals surface area contributed by atoms with Gasteiger partial charge >= 0.3 is 0 Å². The fourth-order valence-corrected chi connectivity index (χ4v) is 2.02. The summed E-state index contributed by atoms with van der Waals surface area (Å²) in [7, 11) is 0. The zero-order valence-electron chi connectivity index (χ0n) is 11.6. The van der Waals surface area contributed by atoms with E-state index in [9.17, 15) is 0 Å². The van der Waals surface area contributed by atoms with Gasteiger partial charge in [-0.3, -0.25) is 4.90 Å². The van der Waals surface area contributed by atoms with E-state index in [1.807, 2.05) is 0 Å². The van der Waals surface area contributed by atoms with Crippen LogP contribution in [0, 0.1) is 11.3 Å². The molecule has 4 heteroatoms. The quantitative estimate of drug-likeness (QED) is 0.838. The molecule has 0 saturated heterocycles. The van der Waals surface area contributed by atoms with Gasteiger partial charge in [-0.15, -0.1) is 0 Å². The Labute approximate surface area is 110 Å². The molecule has 0 unspecified atom stereocenters. The number of nitrogens with zero attached hydrogens (tertiary/aromatic N) is 3. The number of nitrogens with one attached hydrogen (secondary N) is 1. The summed E-state index contributed by atoms with van der Waals surface area (Å²) in [5.74, 6) is 0.765. The molecule has 0 radical (unpaired) electrons. The first kappa shape index (κ1) is 14.5. The van der Waals surface area contributed by atoms with Gasteiger partial charge in [-0.05, 0) is 39.8 Å². The number of hydrogen-bond acceptors (Lipinski definition) is 4. The molecule has 1 heterocycles. The molecule has 1 N–H and O–H groups in total. The molecule has 0 amide bonds. The molecule has 18 heavy (non-hydrogen) atoms. The maximum Gasteiger partial charge on any atom is 0.127 e. The molecule has 0 aliphatic heterocycles. The van der Waals surface area contributed by atoms with E-state index in [1.165, 1.54) is 0 Å². The first-order valence-corrected chi connectivity index (χ1v) is 6.40. The molecule has 0 spiro atoms. The Hall–Kier alpha value is -1.60. The second-order valence-corrected chi connectivity index (χ2v) is 4.89. The third-order valence-electron chi connectivity index (χ3n) is 2.89. The van der Waals surface area contributed by atoms with Gasteiger partial charge < -0.3 is 5.32 Å². The molecule has 0 atom stereocenters. The van der Waals surface area contributed by atoms with Crippen LogP contribution in [0.3, 0.4) is 0 Å². The van der Waals surface area contributed by atoms with Crippen molar-refractivity contribution in [3.63, 3.8) is 0 Å². The minimum Gasteiger partial charge on any atom is -0.369 e. The van der Waals surface area contributed by atoms with E-state index in [2.05, 4.69) is 49.0 Å². The SMILES string of the molecule is CC(C)N(CCNc1cc(C#N)ccn1)C(C)C. The van der Waals surface area contributed by atoms with Gasteiger partial charge in [-0.1, -0.05) is 0 Å². The highest BCUT2D eigenvalue weighted by molar-refractivity contribution is 5.42. The van der Waals surface area contributed by atoms with E-state index in [1.54, 1.807) is 18.3 Å². The molecule has 0 aromatic carbocycles. The topological polar surface area (TPSA) is 52.0 Å². The second-order valence-electron chi connectivity index (χ2n) is 4.89. The lowest BCUT2D eigenvalue weighted by molar-refractivity contribution is 0.182. The summed E-state index contributed by atoms with van der Waals surface area (Å²) in [4.78, 5) is 6.61. The number of aromatic nitrogens is 1. The van der Waals surface area contributed by atoms with Gasteiger partial charge in [-0.25, -0.2) is 4.98 Å². The predicted molar refractivity (Wildman–Crippen MR) is 74.4 cm³/mol. The molecule has 0 aliphatic rings. The van der Waals surface area contributed by atoms with Crippen molar-refractivity contribution in [1.82, 2.24) is 9.88 Å². The largest absolute Gasteiger partial charge is 0.369 e. The smallest absolute Gasteiger partial charge is 0.127 e. The standard InChI is InChI=1S/C14H22N4/c1-11(2)18(12(3)4)8-7-17-14-9-13(10-15)5-6-16-14/h5-6,9,11-12H,7-8H2,1-4H3,(H,16,17). The maximum atomic E-state index is 8.81. The summed E-state index contributed by atoms with van der Waals surface area (Å²) in [5.41, 5.74) is 0.636. The first-order valence-electron chi connectivity index (χ1n) is 6.40. The number of rotatable bonds is 6. The number of hydrogen-bond donors (Lipinski definition) is 1. The molecule has 0 saturated carbocycles. The number of nitriles is 1. The molecular formula is C14H22N4. The van der Waals surface area contributed by atoms with E-state index in [0.717, 1.165) is 18.9 Å². The molecular weight excluding hydrogens is 224 g/mol. The van der Waals surface area contributed by atoms with Crippen molar-refractivity contribution in [2.45, 2.75) is 39.8 Å². The lowest BCUT2D eigenvalue weighted by Crippen LogP contribution is -2.40. The van der Waals surface area contributed by atoms with Crippen LogP contribution in [0.4, 0.5) is 5.82 Å². The third kappa shape index (κ3) is 4.34. The Morgan fingerprint density at radius 1 is 1.33 bits per heavy atom. The molecule has 4 nitrogen and oxygen atoms in total. The van der Waals surface area contributed by atoms with Crippen LogP contribution in [-0.2, 0) is 0 Å². The Balaban J connectivity index is 2.48. The third-order valence-corrected chi connectivity index (χ3v) is 2.89. The van der Waals surface area contributed by atoms with Crippen LogP contribution in [0.5, 0.6) is 0 Å². The Morgan fingerprint density at radius 3 is 2.56 bits per heavy atom. The fraction of sp³-hybridized carbons (Fsp3) is 0.571. The minimum absolute atomic E-state index is 0.533. The van der Waals surface area contributed by atoms with Gasteiger partial charge in [-0.2, -0.15) is 5.26 Å². The summed E-state index contributed by atoms with van der Waals surface area (Å²) in [6.45, 7) is 10.6. The lowest BCUT2D eigenvalue weighted by atomic mass is 10.2. The molecule has 0 bridgehead atoms. The summed E-state index contributed by atoms with van der Waals surface area (Å²) >= 11 is 0. The van der Waals surface area contributed by atoms with Gasteiger partial charge in [0.25, 0.3) is 0 Å². The molecule has 1 rings (SSSR count). The van der Waals surface area contributed by atoms with E-state index in [0.29, 0.717) is 17.6 Å². The van der Waals surface area contributed by atoms with Crippen LogP contribution in [0.25, 0.3) is 0 Å². The van der Waals surface area contributed by atoms with Gasteiger partial charge in [0.2, 0.25) is 0 Å². The van der Waals surface area contributed by atoms with E-state index in [-0.39, 0.29) is 0 Å². The Morgan fingerprint density at radius 2 is 2.00 bits per heavy atom. The van der Waals surface area contributed by atoms with Crippen molar-refractivity contribution in [3.8, 4) is 6.07 Å². The van der Waals surface area contributed by atoms with Crippen LogP contribution in [0.2, 0.25) is 0 Å². The molecule has 1 aromatic rings. The second kappa shape index (κ2) is 6.97. The summed E-state index contributed by atoms with van der Waals surface area (Å²) in [5, 5.41) is 12.1. The van der Waals surface area contributed by atoms with Crippen molar-refractivity contribution in [2.24, 2.45) is 0 Å². The van der Waals surface area contributed by atoms with Crippen LogP contribution in [-0.4, -0.2) is 35.1 Å². The van der Waals surface area contributed by atoms with Gasteiger partial charge in [0, 0.05) is 31.4 Å². The van der Waals surface area contributed by atoms with E-state index < -0.39 is 0 Å². The highest BCUT2D eigenvalue weighted by Crippen LogP contribution is 2.07. The van der Waals surface area contributed by atoms with Crippen molar-refractivity contribution in [1.29, 1.82) is 5.26 Å². The minimum atomic E-state index is 0.533. The monoisotopic (exact) mass is 246 g/mol. The zero-order chi connectivity index (χ0) is 13.5. The highest BCUT2D eigenvalue weighted by atomic mass is 15.2. The Bertz CT molecular complexity index is 399.